The van der Waals surface area contributed by atoms with Gasteiger partial charge >= 0.3 is 0 Å². The molecular weight excluding hydrogens is 250 g/mol. The molecule has 0 radical (unpaired) electrons. The summed E-state index contributed by atoms with van der Waals surface area (Å²) in [5, 5.41) is 19.0. The number of carbonyl (C=O) groups excluding carboxylic acids is 1. The van der Waals surface area contributed by atoms with Gasteiger partial charge in [0.25, 0.3) is 0 Å². The highest BCUT2D eigenvalue weighted by atomic mass is 16.3. The number of benzene rings is 2. The fraction of sp³-hybridized carbons (Fsp3) is 0.176. The van der Waals surface area contributed by atoms with Crippen LogP contribution < -0.4 is 0 Å². The largest absolute Gasteiger partial charge is 0.388 e. The number of hydrogen-bond donors (Lipinski definition) is 1. The van der Waals surface area contributed by atoms with Crippen molar-refractivity contribution in [2.24, 2.45) is 5.92 Å². The number of aliphatic hydroxyl groups is 1. The lowest BCUT2D eigenvalue weighted by molar-refractivity contribution is 0.0713. The highest BCUT2D eigenvalue weighted by Crippen LogP contribution is 2.25. The maximum Gasteiger partial charge on any atom is 0.168 e. The van der Waals surface area contributed by atoms with Crippen LogP contribution in [0.3, 0.4) is 0 Å². The van der Waals surface area contributed by atoms with E-state index in [1.165, 1.54) is 0 Å². The summed E-state index contributed by atoms with van der Waals surface area (Å²) in [6, 6.07) is 17.6. The molecule has 1 N–H and O–H groups in total. The van der Waals surface area contributed by atoms with Crippen LogP contribution in [0, 0.1) is 17.2 Å². The second kappa shape index (κ2) is 6.14. The molecule has 0 heterocycles. The molecule has 2 rings (SSSR count). The van der Waals surface area contributed by atoms with Crippen LogP contribution >= 0.6 is 0 Å². The van der Waals surface area contributed by atoms with Gasteiger partial charge in [-0.05, 0) is 17.7 Å². The van der Waals surface area contributed by atoms with Gasteiger partial charge in [0.1, 0.15) is 0 Å². The Balaban J connectivity index is 2.17. The van der Waals surface area contributed by atoms with E-state index in [1.807, 2.05) is 12.1 Å². The number of rotatable bonds is 4. The van der Waals surface area contributed by atoms with E-state index in [0.29, 0.717) is 16.7 Å². The molecule has 20 heavy (non-hydrogen) atoms. The molecule has 2 aromatic carbocycles. The summed E-state index contributed by atoms with van der Waals surface area (Å²) in [6.45, 7) is 1.71. The average Bonchev–Trinajstić information content (AvgIpc) is 2.53. The summed E-state index contributed by atoms with van der Waals surface area (Å²) in [6.07, 6.45) is -0.879. The summed E-state index contributed by atoms with van der Waals surface area (Å²) < 4.78 is 0. The van der Waals surface area contributed by atoms with Crippen molar-refractivity contribution in [3.63, 3.8) is 0 Å². The van der Waals surface area contributed by atoms with Crippen molar-refractivity contribution < 1.29 is 9.90 Å². The quantitative estimate of drug-likeness (QED) is 0.864. The average molecular weight is 265 g/mol. The molecule has 100 valence electrons. The third kappa shape index (κ3) is 2.93. The van der Waals surface area contributed by atoms with Gasteiger partial charge in [0, 0.05) is 11.5 Å². The summed E-state index contributed by atoms with van der Waals surface area (Å²) in [5.74, 6) is -0.632. The predicted octanol–water partition coefficient (Wildman–Crippen LogP) is 3.11. The normalized spacial score (nSPS) is 13.2. The van der Waals surface area contributed by atoms with Gasteiger partial charge in [-0.25, -0.2) is 0 Å². The molecule has 3 heteroatoms. The van der Waals surface area contributed by atoms with Crippen LogP contribution in [-0.4, -0.2) is 10.9 Å². The first kappa shape index (κ1) is 14.0. The molecule has 0 saturated carbocycles. The SMILES string of the molecule is C[C@H](C(=O)c1ccccc1)[C@H](O)c1ccc(C#N)cc1. The zero-order chi connectivity index (χ0) is 14.5. The molecule has 0 aliphatic rings. The molecule has 2 atom stereocenters. The van der Waals surface area contributed by atoms with E-state index in [0.717, 1.165) is 0 Å². The van der Waals surface area contributed by atoms with Gasteiger partial charge in [-0.15, -0.1) is 0 Å². The van der Waals surface area contributed by atoms with Crippen LogP contribution in [0.4, 0.5) is 0 Å². The Bertz CT molecular complexity index is 626. The van der Waals surface area contributed by atoms with E-state index in [9.17, 15) is 9.90 Å². The zero-order valence-corrected chi connectivity index (χ0v) is 11.2. The van der Waals surface area contributed by atoms with Crippen LogP contribution in [0.25, 0.3) is 0 Å². The van der Waals surface area contributed by atoms with Crippen molar-refractivity contribution in [2.75, 3.05) is 0 Å². The molecule has 2 aromatic rings. The van der Waals surface area contributed by atoms with Crippen molar-refractivity contribution in [3.05, 3.63) is 71.3 Å². The van der Waals surface area contributed by atoms with Crippen molar-refractivity contribution in [1.82, 2.24) is 0 Å². The Labute approximate surface area is 118 Å². The standard InChI is InChI=1S/C17H15NO2/c1-12(16(19)14-5-3-2-4-6-14)17(20)15-9-7-13(11-18)8-10-15/h2-10,12,17,20H,1H3/t12-,17+/m1/s1. The molecule has 0 spiro atoms. The minimum Gasteiger partial charge on any atom is -0.388 e. The van der Waals surface area contributed by atoms with E-state index >= 15 is 0 Å². The fourth-order valence-electron chi connectivity index (χ4n) is 2.05. The van der Waals surface area contributed by atoms with Crippen molar-refractivity contribution in [1.29, 1.82) is 5.26 Å². The Kier molecular flexibility index (Phi) is 4.29. The minimum absolute atomic E-state index is 0.0949. The van der Waals surface area contributed by atoms with E-state index in [4.69, 9.17) is 5.26 Å². The van der Waals surface area contributed by atoms with Crippen LogP contribution in [0.1, 0.15) is 34.5 Å². The minimum atomic E-state index is -0.879. The molecular formula is C17H15NO2. The number of carbonyl (C=O) groups is 1. The smallest absolute Gasteiger partial charge is 0.168 e. The highest BCUT2D eigenvalue weighted by molar-refractivity contribution is 5.98. The number of nitriles is 1. The summed E-state index contributed by atoms with van der Waals surface area (Å²) >= 11 is 0. The lowest BCUT2D eigenvalue weighted by Crippen LogP contribution is -2.19. The number of aliphatic hydroxyl groups excluding tert-OH is 1. The van der Waals surface area contributed by atoms with Crippen molar-refractivity contribution in [3.8, 4) is 6.07 Å². The first-order valence-electron chi connectivity index (χ1n) is 6.41. The number of ketones is 1. The third-order valence-corrected chi connectivity index (χ3v) is 3.33. The molecule has 0 bridgehead atoms. The highest BCUT2D eigenvalue weighted by Gasteiger charge is 2.24. The van der Waals surface area contributed by atoms with Gasteiger partial charge < -0.3 is 5.11 Å². The Morgan fingerprint density at radius 3 is 2.25 bits per heavy atom. The summed E-state index contributed by atoms with van der Waals surface area (Å²) in [5.41, 5.74) is 1.76. The Morgan fingerprint density at radius 1 is 1.10 bits per heavy atom. The summed E-state index contributed by atoms with van der Waals surface area (Å²) in [4.78, 5) is 12.3. The molecule has 0 aromatic heterocycles. The van der Waals surface area contributed by atoms with Crippen LogP contribution in [-0.2, 0) is 0 Å². The summed E-state index contributed by atoms with van der Waals surface area (Å²) in [7, 11) is 0. The van der Waals surface area contributed by atoms with Gasteiger partial charge in [0.15, 0.2) is 5.78 Å². The van der Waals surface area contributed by atoms with E-state index in [1.54, 1.807) is 55.5 Å². The van der Waals surface area contributed by atoms with E-state index in [2.05, 4.69) is 0 Å². The van der Waals surface area contributed by atoms with Gasteiger partial charge in [-0.1, -0.05) is 49.4 Å². The molecule has 0 saturated heterocycles. The maximum atomic E-state index is 12.3. The third-order valence-electron chi connectivity index (χ3n) is 3.33. The van der Waals surface area contributed by atoms with Crippen LogP contribution in [0.2, 0.25) is 0 Å². The van der Waals surface area contributed by atoms with Gasteiger partial charge in [0.2, 0.25) is 0 Å². The molecule has 0 amide bonds. The van der Waals surface area contributed by atoms with Gasteiger partial charge in [-0.3, -0.25) is 4.79 Å². The monoisotopic (exact) mass is 265 g/mol. The zero-order valence-electron chi connectivity index (χ0n) is 11.2. The molecule has 0 fully saturated rings. The molecule has 3 nitrogen and oxygen atoms in total. The van der Waals surface area contributed by atoms with E-state index < -0.39 is 12.0 Å². The molecule has 0 unspecified atom stereocenters. The van der Waals surface area contributed by atoms with Crippen LogP contribution in [0.5, 0.6) is 0 Å². The Morgan fingerprint density at radius 2 is 1.70 bits per heavy atom. The number of hydrogen-bond acceptors (Lipinski definition) is 3. The number of nitrogens with zero attached hydrogens (tertiary/aromatic N) is 1. The second-order valence-electron chi connectivity index (χ2n) is 4.70. The first-order valence-corrected chi connectivity index (χ1v) is 6.41. The second-order valence-corrected chi connectivity index (χ2v) is 4.70. The topological polar surface area (TPSA) is 61.1 Å². The lowest BCUT2D eigenvalue weighted by Gasteiger charge is -2.18. The van der Waals surface area contributed by atoms with E-state index in [-0.39, 0.29) is 5.78 Å². The number of Topliss-reactive ketones (excluding diaryl/α,β-unsaturated/α-hetero) is 1. The van der Waals surface area contributed by atoms with Gasteiger partial charge in [-0.2, -0.15) is 5.26 Å². The maximum absolute atomic E-state index is 12.3. The van der Waals surface area contributed by atoms with Crippen LogP contribution in [0.15, 0.2) is 54.6 Å². The molecule has 0 aliphatic heterocycles. The first-order chi connectivity index (χ1) is 9.63. The lowest BCUT2D eigenvalue weighted by atomic mass is 9.90. The van der Waals surface area contributed by atoms with Crippen molar-refractivity contribution in [2.45, 2.75) is 13.0 Å². The Hall–Kier alpha value is -2.44. The fourth-order valence-corrected chi connectivity index (χ4v) is 2.05. The predicted molar refractivity (Wildman–Crippen MR) is 76.1 cm³/mol. The van der Waals surface area contributed by atoms with Crippen molar-refractivity contribution >= 4 is 5.78 Å². The molecule has 0 aliphatic carbocycles. The van der Waals surface area contributed by atoms with Gasteiger partial charge in [0.05, 0.1) is 17.7 Å².